The van der Waals surface area contributed by atoms with Crippen molar-refractivity contribution in [1.29, 1.82) is 5.26 Å². The highest BCUT2D eigenvalue weighted by Crippen LogP contribution is 2.48. The topological polar surface area (TPSA) is 88.6 Å². The molecular formula is C20H22BrN3O3. The summed E-state index contributed by atoms with van der Waals surface area (Å²) in [5.74, 6) is 1.08. The minimum atomic E-state index is -0.520. The first-order valence-corrected chi connectivity index (χ1v) is 9.63. The molecule has 1 aromatic carbocycles. The summed E-state index contributed by atoms with van der Waals surface area (Å²) in [6.45, 7) is 2.36. The number of nitrogens with two attached hydrogens (primary N) is 1. The average molecular weight is 432 g/mol. The highest BCUT2D eigenvalue weighted by Gasteiger charge is 2.39. The molecule has 2 aliphatic rings. The van der Waals surface area contributed by atoms with Crippen LogP contribution in [0.1, 0.15) is 37.7 Å². The second-order valence-electron chi connectivity index (χ2n) is 6.50. The van der Waals surface area contributed by atoms with Crippen LogP contribution in [0.15, 0.2) is 39.3 Å². The largest absolute Gasteiger partial charge is 0.493 e. The summed E-state index contributed by atoms with van der Waals surface area (Å²) in [4.78, 5) is 14.6. The van der Waals surface area contributed by atoms with Crippen molar-refractivity contribution >= 4 is 21.7 Å². The van der Waals surface area contributed by atoms with Gasteiger partial charge >= 0.3 is 0 Å². The summed E-state index contributed by atoms with van der Waals surface area (Å²) in [7, 11) is 3.38. The molecule has 1 aliphatic carbocycles. The molecule has 3 rings (SSSR count). The molecular weight excluding hydrogens is 410 g/mol. The molecule has 142 valence electrons. The highest BCUT2D eigenvalue weighted by atomic mass is 79.9. The summed E-state index contributed by atoms with van der Waals surface area (Å²) in [6, 6.07) is 5.86. The molecule has 0 fully saturated rings. The Morgan fingerprint density at radius 3 is 2.74 bits per heavy atom. The number of rotatable bonds is 4. The van der Waals surface area contributed by atoms with E-state index in [9.17, 15) is 10.1 Å². The summed E-state index contributed by atoms with van der Waals surface area (Å²) in [6.07, 6.45) is 2.03. The molecule has 6 nitrogen and oxygen atoms in total. The lowest BCUT2D eigenvalue weighted by atomic mass is 9.76. The molecule has 0 amide bonds. The van der Waals surface area contributed by atoms with Crippen molar-refractivity contribution in [3.63, 3.8) is 0 Å². The third kappa shape index (κ3) is 3.19. The van der Waals surface area contributed by atoms with Crippen molar-refractivity contribution in [3.8, 4) is 17.6 Å². The maximum absolute atomic E-state index is 12.8. The predicted octanol–water partition coefficient (Wildman–Crippen LogP) is 3.59. The second-order valence-corrected chi connectivity index (χ2v) is 7.35. The Labute approximate surface area is 167 Å². The first-order chi connectivity index (χ1) is 12.9. The van der Waals surface area contributed by atoms with Gasteiger partial charge in [-0.1, -0.05) is 15.9 Å². The van der Waals surface area contributed by atoms with Crippen LogP contribution in [-0.2, 0) is 4.79 Å². The third-order valence-electron chi connectivity index (χ3n) is 5.06. The molecule has 1 aliphatic heterocycles. The van der Waals surface area contributed by atoms with E-state index < -0.39 is 5.92 Å². The number of halogens is 1. The number of carbonyl (C=O) groups excluding carboxylic acids is 1. The number of hydrogen-bond donors (Lipinski definition) is 1. The van der Waals surface area contributed by atoms with E-state index in [2.05, 4.69) is 22.0 Å². The van der Waals surface area contributed by atoms with Gasteiger partial charge in [0.05, 0.1) is 31.3 Å². The molecule has 1 aromatic rings. The fraction of sp³-hybridized carbons (Fsp3) is 0.400. The van der Waals surface area contributed by atoms with Crippen LogP contribution in [0.2, 0.25) is 0 Å². The second kappa shape index (κ2) is 7.65. The Morgan fingerprint density at radius 1 is 1.37 bits per heavy atom. The van der Waals surface area contributed by atoms with E-state index in [4.69, 9.17) is 15.2 Å². The number of Topliss-reactive ketones (excluding diaryl/α,β-unsaturated/α-hetero) is 1. The fourth-order valence-electron chi connectivity index (χ4n) is 3.77. The number of methoxy groups -OCH3 is 1. The zero-order valence-corrected chi connectivity index (χ0v) is 17.2. The van der Waals surface area contributed by atoms with Crippen molar-refractivity contribution in [1.82, 2.24) is 4.90 Å². The lowest BCUT2D eigenvalue weighted by Crippen LogP contribution is -2.36. The monoisotopic (exact) mass is 431 g/mol. The highest BCUT2D eigenvalue weighted by molar-refractivity contribution is 9.10. The van der Waals surface area contributed by atoms with E-state index in [1.54, 1.807) is 18.1 Å². The first-order valence-electron chi connectivity index (χ1n) is 8.84. The number of allylic oxidation sites excluding steroid dienone is 3. The molecule has 0 radical (unpaired) electrons. The minimum Gasteiger partial charge on any atom is -0.493 e. The van der Waals surface area contributed by atoms with Crippen molar-refractivity contribution in [2.24, 2.45) is 5.73 Å². The quantitative estimate of drug-likeness (QED) is 0.783. The molecule has 0 spiro atoms. The van der Waals surface area contributed by atoms with Gasteiger partial charge in [0.1, 0.15) is 5.82 Å². The summed E-state index contributed by atoms with van der Waals surface area (Å²) in [5.41, 5.74) is 8.98. The number of hydrogen-bond acceptors (Lipinski definition) is 6. The van der Waals surface area contributed by atoms with Gasteiger partial charge in [0.2, 0.25) is 0 Å². The van der Waals surface area contributed by atoms with E-state index in [1.165, 1.54) is 0 Å². The Kier molecular flexibility index (Phi) is 5.47. The molecule has 7 heteroatoms. The number of carbonyl (C=O) groups is 1. The van der Waals surface area contributed by atoms with Crippen LogP contribution in [0.5, 0.6) is 11.5 Å². The van der Waals surface area contributed by atoms with E-state index in [1.807, 2.05) is 20.0 Å². The summed E-state index contributed by atoms with van der Waals surface area (Å²) >= 11 is 3.58. The average Bonchev–Trinajstić information content (AvgIpc) is 2.66. The van der Waals surface area contributed by atoms with Gasteiger partial charge in [-0.25, -0.2) is 0 Å². The lowest BCUT2D eigenvalue weighted by molar-refractivity contribution is -0.116. The van der Waals surface area contributed by atoms with Crippen LogP contribution >= 0.6 is 15.9 Å². The number of ether oxygens (including phenoxy) is 2. The van der Waals surface area contributed by atoms with Crippen molar-refractivity contribution in [3.05, 3.63) is 44.8 Å². The molecule has 0 aromatic heterocycles. The van der Waals surface area contributed by atoms with Gasteiger partial charge < -0.3 is 20.1 Å². The van der Waals surface area contributed by atoms with Crippen molar-refractivity contribution in [2.75, 3.05) is 20.8 Å². The predicted molar refractivity (Wildman–Crippen MR) is 105 cm³/mol. The molecule has 1 atom stereocenters. The third-order valence-corrected chi connectivity index (χ3v) is 5.75. The molecule has 0 unspecified atom stereocenters. The van der Waals surface area contributed by atoms with Crippen LogP contribution in [-0.4, -0.2) is 31.4 Å². The van der Waals surface area contributed by atoms with Gasteiger partial charge in [-0.2, -0.15) is 5.26 Å². The van der Waals surface area contributed by atoms with E-state index in [0.29, 0.717) is 41.5 Å². The van der Waals surface area contributed by atoms with Crippen molar-refractivity contribution < 1.29 is 14.3 Å². The van der Waals surface area contributed by atoms with Crippen molar-refractivity contribution in [2.45, 2.75) is 32.1 Å². The Hall–Kier alpha value is -2.46. The zero-order valence-electron chi connectivity index (χ0n) is 15.6. The van der Waals surface area contributed by atoms with Crippen LogP contribution < -0.4 is 15.2 Å². The van der Waals surface area contributed by atoms with Crippen LogP contribution in [0.4, 0.5) is 0 Å². The molecule has 0 bridgehead atoms. The maximum Gasteiger partial charge on any atom is 0.161 e. The molecule has 2 N–H and O–H groups in total. The summed E-state index contributed by atoms with van der Waals surface area (Å²) in [5, 5.41) is 9.83. The van der Waals surface area contributed by atoms with Gasteiger partial charge in [-0.3, -0.25) is 4.79 Å². The molecule has 1 heterocycles. The number of ketones is 1. The molecule has 0 saturated carbocycles. The number of benzene rings is 1. The van der Waals surface area contributed by atoms with Crippen LogP contribution in [0.25, 0.3) is 0 Å². The standard InChI is InChI=1S/C20H22BrN3O3/c1-4-27-17-8-11(13(21)9-16(17)26-3)18-12(10-22)20(23)24(2)14-6-5-7-15(25)19(14)18/h8-9,18H,4-7,23H2,1-3H3/t18-/m0/s1. The fourth-order valence-corrected chi connectivity index (χ4v) is 4.32. The number of nitrogens with zero attached hydrogens (tertiary/aromatic N) is 2. The summed E-state index contributed by atoms with van der Waals surface area (Å²) < 4.78 is 11.8. The van der Waals surface area contributed by atoms with Gasteiger partial charge in [-0.05, 0) is 37.5 Å². The Bertz CT molecular complexity index is 898. The maximum atomic E-state index is 12.8. The van der Waals surface area contributed by atoms with Crippen LogP contribution in [0, 0.1) is 11.3 Å². The number of nitriles is 1. The zero-order chi connectivity index (χ0) is 19.7. The van der Waals surface area contributed by atoms with E-state index in [0.717, 1.165) is 28.6 Å². The van der Waals surface area contributed by atoms with E-state index >= 15 is 0 Å². The SMILES string of the molecule is CCOc1cc([C@H]2C(C#N)=C(N)N(C)C3=C2C(=O)CCC3)c(Br)cc1OC. The Balaban J connectivity index is 2.26. The van der Waals surface area contributed by atoms with Crippen LogP contribution in [0.3, 0.4) is 0 Å². The van der Waals surface area contributed by atoms with Gasteiger partial charge in [0, 0.05) is 29.2 Å². The first kappa shape index (κ1) is 19.3. The lowest BCUT2D eigenvalue weighted by Gasteiger charge is -2.38. The van der Waals surface area contributed by atoms with E-state index in [-0.39, 0.29) is 5.78 Å². The Morgan fingerprint density at radius 2 is 2.11 bits per heavy atom. The minimum absolute atomic E-state index is 0.0639. The van der Waals surface area contributed by atoms with Gasteiger partial charge in [0.25, 0.3) is 0 Å². The smallest absolute Gasteiger partial charge is 0.161 e. The van der Waals surface area contributed by atoms with Gasteiger partial charge in [-0.15, -0.1) is 0 Å². The normalized spacial score (nSPS) is 19.7. The van der Waals surface area contributed by atoms with Gasteiger partial charge in [0.15, 0.2) is 17.3 Å². The molecule has 0 saturated heterocycles. The molecule has 27 heavy (non-hydrogen) atoms.